The normalized spacial score (nSPS) is 24.3. The lowest BCUT2D eigenvalue weighted by Gasteiger charge is -2.22. The second-order valence-corrected chi connectivity index (χ2v) is 3.77. The first-order valence-electron chi connectivity index (χ1n) is 4.23. The smallest absolute Gasteiger partial charge is 0.00673 e. The second kappa shape index (κ2) is 7.56. The molecule has 0 aromatic heterocycles. The van der Waals surface area contributed by atoms with E-state index in [1.807, 2.05) is 0 Å². The lowest BCUT2D eigenvalue weighted by atomic mass is 10.0. The van der Waals surface area contributed by atoms with Gasteiger partial charge in [-0.15, -0.1) is 17.0 Å². The minimum absolute atomic E-state index is 0. The molecule has 0 radical (unpaired) electrons. The Kier molecular flexibility index (Phi) is 8.20. The number of nitrogens with one attached hydrogen (secondary N) is 1. The summed E-state index contributed by atoms with van der Waals surface area (Å²) in [7, 11) is 0. The van der Waals surface area contributed by atoms with Crippen molar-refractivity contribution in [1.29, 1.82) is 0 Å². The van der Waals surface area contributed by atoms with Crippen LogP contribution < -0.4 is 5.32 Å². The number of alkyl halides is 1. The van der Waals surface area contributed by atoms with Gasteiger partial charge in [-0.3, -0.25) is 0 Å². The molecule has 1 heterocycles. The summed E-state index contributed by atoms with van der Waals surface area (Å²) in [5, 5.41) is 4.69. The van der Waals surface area contributed by atoms with Crippen LogP contribution in [0.1, 0.15) is 32.1 Å². The zero-order valence-electron chi connectivity index (χ0n) is 6.81. The molecule has 1 rings (SSSR count). The molecule has 1 aliphatic rings. The van der Waals surface area contributed by atoms with Crippen LogP contribution in [0.5, 0.6) is 0 Å². The summed E-state index contributed by atoms with van der Waals surface area (Å²) in [6.07, 6.45) is 6.88. The van der Waals surface area contributed by atoms with Gasteiger partial charge in [0.05, 0.1) is 0 Å². The lowest BCUT2D eigenvalue weighted by molar-refractivity contribution is 0.381. The van der Waals surface area contributed by atoms with Crippen LogP contribution in [0, 0.1) is 0 Å². The van der Waals surface area contributed by atoms with Crippen molar-refractivity contribution in [3.8, 4) is 0 Å². The highest BCUT2D eigenvalue weighted by Crippen LogP contribution is 2.11. The van der Waals surface area contributed by atoms with E-state index in [9.17, 15) is 0 Å². The molecule has 0 aromatic carbocycles. The Bertz CT molecular complexity index is 82.2. The third-order valence-corrected chi connectivity index (χ3v) is 2.66. The quantitative estimate of drug-likeness (QED) is 0.787. The van der Waals surface area contributed by atoms with Gasteiger partial charge in [-0.1, -0.05) is 22.4 Å². The average Bonchev–Trinajstić information content (AvgIpc) is 2.03. The van der Waals surface area contributed by atoms with Crippen LogP contribution in [0.2, 0.25) is 0 Å². The van der Waals surface area contributed by atoms with Crippen LogP contribution in [0.3, 0.4) is 0 Å². The molecule has 0 amide bonds. The zero-order chi connectivity index (χ0) is 7.23. The Morgan fingerprint density at radius 1 is 1.36 bits per heavy atom. The van der Waals surface area contributed by atoms with Crippen LogP contribution in [-0.4, -0.2) is 17.9 Å². The number of halogens is 2. The molecule has 0 spiro atoms. The van der Waals surface area contributed by atoms with E-state index in [1.165, 1.54) is 38.6 Å². The number of rotatable bonds is 3. The van der Waals surface area contributed by atoms with E-state index >= 15 is 0 Å². The van der Waals surface area contributed by atoms with Crippen molar-refractivity contribution >= 4 is 32.9 Å². The Labute approximate surface area is 88.2 Å². The predicted molar refractivity (Wildman–Crippen MR) is 59.0 cm³/mol. The lowest BCUT2D eigenvalue weighted by Crippen LogP contribution is -2.33. The van der Waals surface area contributed by atoms with Crippen LogP contribution in [0.4, 0.5) is 0 Å². The average molecular weight is 287 g/mol. The van der Waals surface area contributed by atoms with Crippen LogP contribution >= 0.6 is 32.9 Å². The van der Waals surface area contributed by atoms with Gasteiger partial charge in [0.15, 0.2) is 0 Å². The molecule has 0 saturated carbocycles. The Balaban J connectivity index is 0.000001000. The summed E-state index contributed by atoms with van der Waals surface area (Å²) in [5.74, 6) is 0. The van der Waals surface area contributed by atoms with E-state index in [4.69, 9.17) is 0 Å². The number of hydrogen-bond acceptors (Lipinski definition) is 1. The number of hydrogen-bond donors (Lipinski definition) is 1. The van der Waals surface area contributed by atoms with Crippen LogP contribution in [0.25, 0.3) is 0 Å². The predicted octanol–water partition coefficient (Wildman–Crippen LogP) is 2.88. The van der Waals surface area contributed by atoms with Gasteiger partial charge >= 0.3 is 0 Å². The standard InChI is InChI=1S/C8H16BrN.BrH/c9-6-3-5-8-4-1-2-7-10-8;/h8,10H,1-7H2;1H. The maximum atomic E-state index is 3.53. The largest absolute Gasteiger partial charge is 0.314 e. The summed E-state index contributed by atoms with van der Waals surface area (Å²) in [5.41, 5.74) is 0. The molecular formula is C8H17Br2N. The highest BCUT2D eigenvalue weighted by atomic mass is 79.9. The van der Waals surface area contributed by atoms with Crippen molar-refractivity contribution in [3.05, 3.63) is 0 Å². The van der Waals surface area contributed by atoms with Gasteiger partial charge in [0.25, 0.3) is 0 Å². The summed E-state index contributed by atoms with van der Waals surface area (Å²) >= 11 is 3.45. The molecule has 1 saturated heterocycles. The number of piperidine rings is 1. The summed E-state index contributed by atoms with van der Waals surface area (Å²) in [4.78, 5) is 0. The zero-order valence-corrected chi connectivity index (χ0v) is 10.1. The van der Waals surface area contributed by atoms with Gasteiger partial charge in [0, 0.05) is 11.4 Å². The molecule has 1 atom stereocenters. The van der Waals surface area contributed by atoms with E-state index in [2.05, 4.69) is 21.2 Å². The van der Waals surface area contributed by atoms with Crippen molar-refractivity contribution in [2.24, 2.45) is 0 Å². The first-order valence-corrected chi connectivity index (χ1v) is 5.35. The first-order chi connectivity index (χ1) is 4.93. The van der Waals surface area contributed by atoms with Gasteiger partial charge < -0.3 is 5.32 Å². The molecule has 1 N–H and O–H groups in total. The van der Waals surface area contributed by atoms with Gasteiger partial charge in [-0.2, -0.15) is 0 Å². The molecule has 1 fully saturated rings. The molecular weight excluding hydrogens is 270 g/mol. The van der Waals surface area contributed by atoms with Gasteiger partial charge in [-0.05, 0) is 32.2 Å². The van der Waals surface area contributed by atoms with E-state index in [1.54, 1.807) is 0 Å². The summed E-state index contributed by atoms with van der Waals surface area (Å²) < 4.78 is 0. The fraction of sp³-hybridized carbons (Fsp3) is 1.00. The molecule has 0 bridgehead atoms. The summed E-state index contributed by atoms with van der Waals surface area (Å²) in [6, 6.07) is 0.825. The highest BCUT2D eigenvalue weighted by Gasteiger charge is 2.10. The van der Waals surface area contributed by atoms with Crippen LogP contribution in [0.15, 0.2) is 0 Å². The van der Waals surface area contributed by atoms with Crippen molar-refractivity contribution in [2.75, 3.05) is 11.9 Å². The van der Waals surface area contributed by atoms with Crippen molar-refractivity contribution in [2.45, 2.75) is 38.1 Å². The highest BCUT2D eigenvalue weighted by molar-refractivity contribution is 9.09. The van der Waals surface area contributed by atoms with Crippen molar-refractivity contribution < 1.29 is 0 Å². The van der Waals surface area contributed by atoms with Gasteiger partial charge in [0.2, 0.25) is 0 Å². The van der Waals surface area contributed by atoms with Crippen molar-refractivity contribution in [1.82, 2.24) is 5.32 Å². The maximum absolute atomic E-state index is 3.53. The van der Waals surface area contributed by atoms with E-state index in [0.717, 1.165) is 11.4 Å². The monoisotopic (exact) mass is 285 g/mol. The fourth-order valence-electron chi connectivity index (χ4n) is 1.49. The topological polar surface area (TPSA) is 12.0 Å². The minimum atomic E-state index is 0. The molecule has 0 aliphatic carbocycles. The molecule has 1 aliphatic heterocycles. The third kappa shape index (κ3) is 5.21. The Morgan fingerprint density at radius 2 is 2.18 bits per heavy atom. The molecule has 11 heavy (non-hydrogen) atoms. The molecule has 68 valence electrons. The van der Waals surface area contributed by atoms with Gasteiger partial charge in [0.1, 0.15) is 0 Å². The maximum Gasteiger partial charge on any atom is 0.00673 e. The molecule has 1 unspecified atom stereocenters. The summed E-state index contributed by atoms with van der Waals surface area (Å²) in [6.45, 7) is 1.24. The second-order valence-electron chi connectivity index (χ2n) is 2.98. The van der Waals surface area contributed by atoms with Crippen molar-refractivity contribution in [3.63, 3.8) is 0 Å². The molecule has 0 aromatic rings. The van der Waals surface area contributed by atoms with E-state index < -0.39 is 0 Å². The Hall–Kier alpha value is 0.920. The first kappa shape index (κ1) is 11.9. The third-order valence-electron chi connectivity index (χ3n) is 2.10. The molecule has 1 nitrogen and oxygen atoms in total. The van der Waals surface area contributed by atoms with Crippen LogP contribution in [-0.2, 0) is 0 Å². The molecule has 3 heteroatoms. The van der Waals surface area contributed by atoms with E-state index in [0.29, 0.717) is 0 Å². The Morgan fingerprint density at radius 3 is 2.73 bits per heavy atom. The minimum Gasteiger partial charge on any atom is -0.314 e. The van der Waals surface area contributed by atoms with E-state index in [-0.39, 0.29) is 17.0 Å². The SMILES string of the molecule is Br.BrCCCC1CCCCN1. The fourth-order valence-corrected chi connectivity index (χ4v) is 1.82. The van der Waals surface area contributed by atoms with Gasteiger partial charge in [-0.25, -0.2) is 0 Å².